The number of likely N-dealkylation sites (tertiary alicyclic amines) is 1. The quantitative estimate of drug-likeness (QED) is 0.370. The highest BCUT2D eigenvalue weighted by molar-refractivity contribution is 5.96. The minimum Gasteiger partial charge on any atom is -0.492 e. The number of methoxy groups -OCH3 is 1. The number of hydrogen-bond acceptors (Lipinski definition) is 7. The van der Waals surface area contributed by atoms with Gasteiger partial charge < -0.3 is 20.3 Å². The highest BCUT2D eigenvalue weighted by Gasteiger charge is 2.30. The third kappa shape index (κ3) is 5.28. The van der Waals surface area contributed by atoms with Crippen LogP contribution in [-0.2, 0) is 9.59 Å². The predicted molar refractivity (Wildman–Crippen MR) is 129 cm³/mol. The van der Waals surface area contributed by atoms with Gasteiger partial charge in [0.2, 0.25) is 12.3 Å². The number of hydrazine groups is 1. The molecule has 35 heavy (non-hydrogen) atoms. The fraction of sp³-hybridized carbons (Fsp3) is 0.417. The van der Waals surface area contributed by atoms with E-state index in [2.05, 4.69) is 21.0 Å². The van der Waals surface area contributed by atoms with Crippen molar-refractivity contribution in [1.82, 2.24) is 14.9 Å². The van der Waals surface area contributed by atoms with Gasteiger partial charge in [-0.1, -0.05) is 0 Å². The molecule has 3 amide bonds. The van der Waals surface area contributed by atoms with Gasteiger partial charge in [-0.3, -0.25) is 24.8 Å². The summed E-state index contributed by atoms with van der Waals surface area (Å²) in [6.07, 6.45) is 4.06. The highest BCUT2D eigenvalue weighted by atomic mass is 19.1. The average molecular weight is 485 g/mol. The fourth-order valence-electron chi connectivity index (χ4n) is 3.93. The van der Waals surface area contributed by atoms with Crippen LogP contribution in [0.4, 0.5) is 27.4 Å². The second-order valence-corrected chi connectivity index (χ2v) is 8.75. The summed E-state index contributed by atoms with van der Waals surface area (Å²) in [4.78, 5) is 42.2. The molecular formula is C24H29FN6O4. The molecule has 2 heterocycles. The number of rotatable bonds is 9. The van der Waals surface area contributed by atoms with Crippen molar-refractivity contribution < 1.29 is 23.5 Å². The summed E-state index contributed by atoms with van der Waals surface area (Å²) in [5.41, 5.74) is 4.21. The zero-order valence-corrected chi connectivity index (χ0v) is 20.0. The van der Waals surface area contributed by atoms with Crippen LogP contribution in [-0.4, -0.2) is 60.4 Å². The number of halogens is 1. The first-order valence-electron chi connectivity index (χ1n) is 11.5. The molecule has 0 radical (unpaired) electrons. The number of nitrogens with one attached hydrogen (secondary N) is 3. The molecule has 0 spiro atoms. The molecule has 2 aromatic rings. The van der Waals surface area contributed by atoms with Crippen LogP contribution < -0.4 is 20.8 Å². The van der Waals surface area contributed by atoms with Crippen molar-refractivity contribution in [2.45, 2.75) is 32.6 Å². The monoisotopic (exact) mass is 484 g/mol. The van der Waals surface area contributed by atoms with Crippen molar-refractivity contribution in [2.75, 3.05) is 43.3 Å². The number of hydrogen-bond donors (Lipinski definition) is 3. The van der Waals surface area contributed by atoms with Crippen LogP contribution in [0.2, 0.25) is 0 Å². The maximum atomic E-state index is 15.3. The summed E-state index contributed by atoms with van der Waals surface area (Å²) in [5.74, 6) is -0.767. The molecule has 1 aromatic heterocycles. The Morgan fingerprint density at radius 3 is 2.57 bits per heavy atom. The SMILES string of the molecule is COc1c(Nc2cc(NC(=O)C3CC3)nc(NN(C)C=O)c2C)ccc(C(=O)N2CCCC2)c1F. The van der Waals surface area contributed by atoms with E-state index < -0.39 is 5.82 Å². The summed E-state index contributed by atoms with van der Waals surface area (Å²) in [7, 11) is 2.85. The van der Waals surface area contributed by atoms with E-state index in [9.17, 15) is 14.4 Å². The number of ether oxygens (including phenoxy) is 1. The second-order valence-electron chi connectivity index (χ2n) is 8.75. The maximum Gasteiger partial charge on any atom is 0.256 e. The average Bonchev–Trinajstić information content (AvgIpc) is 3.55. The van der Waals surface area contributed by atoms with Gasteiger partial charge in [0.1, 0.15) is 5.82 Å². The predicted octanol–water partition coefficient (Wildman–Crippen LogP) is 3.28. The smallest absolute Gasteiger partial charge is 0.256 e. The Kier molecular flexibility index (Phi) is 7.04. The Bertz CT molecular complexity index is 1150. The Morgan fingerprint density at radius 1 is 1.23 bits per heavy atom. The third-order valence-corrected chi connectivity index (χ3v) is 6.11. The molecule has 4 rings (SSSR count). The summed E-state index contributed by atoms with van der Waals surface area (Å²) < 4.78 is 20.7. The number of nitrogens with zero attached hydrogens (tertiary/aromatic N) is 3. The zero-order valence-electron chi connectivity index (χ0n) is 20.0. The lowest BCUT2D eigenvalue weighted by Crippen LogP contribution is -2.28. The molecule has 0 unspecified atom stereocenters. The van der Waals surface area contributed by atoms with E-state index in [0.29, 0.717) is 42.3 Å². The van der Waals surface area contributed by atoms with Gasteiger partial charge >= 0.3 is 0 Å². The van der Waals surface area contributed by atoms with Gasteiger partial charge in [-0.25, -0.2) is 9.37 Å². The van der Waals surface area contributed by atoms with Gasteiger partial charge in [-0.15, -0.1) is 0 Å². The molecule has 1 saturated carbocycles. The van der Waals surface area contributed by atoms with E-state index in [1.54, 1.807) is 24.0 Å². The molecule has 3 N–H and O–H groups in total. The minimum absolute atomic E-state index is 0.0292. The summed E-state index contributed by atoms with van der Waals surface area (Å²) in [6.45, 7) is 2.98. The Hall–Kier alpha value is -3.89. The van der Waals surface area contributed by atoms with Crippen molar-refractivity contribution in [3.63, 3.8) is 0 Å². The molecule has 1 saturated heterocycles. The molecule has 2 fully saturated rings. The number of benzene rings is 1. The normalized spacial score (nSPS) is 14.9. The van der Waals surface area contributed by atoms with E-state index in [1.807, 2.05) is 0 Å². The Balaban J connectivity index is 1.67. The van der Waals surface area contributed by atoms with Crippen molar-refractivity contribution in [2.24, 2.45) is 5.92 Å². The minimum atomic E-state index is -0.748. The van der Waals surface area contributed by atoms with Gasteiger partial charge in [-0.05, 0) is 44.7 Å². The van der Waals surface area contributed by atoms with E-state index in [4.69, 9.17) is 4.74 Å². The van der Waals surface area contributed by atoms with Gasteiger partial charge in [0, 0.05) is 43.4 Å². The van der Waals surface area contributed by atoms with Gasteiger partial charge in [0.25, 0.3) is 5.91 Å². The second kappa shape index (κ2) is 10.2. The molecule has 1 aliphatic carbocycles. The van der Waals surface area contributed by atoms with Gasteiger partial charge in [-0.2, -0.15) is 0 Å². The molecule has 0 atom stereocenters. The molecule has 1 aliphatic heterocycles. The van der Waals surface area contributed by atoms with E-state index in [1.165, 1.54) is 25.2 Å². The lowest BCUT2D eigenvalue weighted by atomic mass is 10.1. The Morgan fingerprint density at radius 2 is 1.94 bits per heavy atom. The van der Waals surface area contributed by atoms with E-state index in [-0.39, 0.29) is 34.9 Å². The van der Waals surface area contributed by atoms with Crippen molar-refractivity contribution in [3.8, 4) is 5.75 Å². The maximum absolute atomic E-state index is 15.3. The first-order valence-corrected chi connectivity index (χ1v) is 11.5. The molecule has 11 heteroatoms. The number of carbonyl (C=O) groups excluding carboxylic acids is 3. The number of aromatic nitrogens is 1. The molecular weight excluding hydrogens is 455 g/mol. The van der Waals surface area contributed by atoms with Crippen LogP contribution >= 0.6 is 0 Å². The molecule has 1 aromatic carbocycles. The summed E-state index contributed by atoms with van der Waals surface area (Å²) >= 11 is 0. The van der Waals surface area contributed by atoms with Crippen molar-refractivity contribution in [3.05, 3.63) is 35.1 Å². The van der Waals surface area contributed by atoms with Gasteiger partial charge in [0.05, 0.1) is 18.4 Å². The van der Waals surface area contributed by atoms with Crippen LogP contribution in [0.15, 0.2) is 18.2 Å². The summed E-state index contributed by atoms with van der Waals surface area (Å²) in [6, 6.07) is 4.65. The zero-order chi connectivity index (χ0) is 25.1. The Labute approximate surface area is 202 Å². The van der Waals surface area contributed by atoms with Crippen LogP contribution in [0.25, 0.3) is 0 Å². The lowest BCUT2D eigenvalue weighted by molar-refractivity contribution is -0.117. The molecule has 186 valence electrons. The van der Waals surface area contributed by atoms with E-state index in [0.717, 1.165) is 25.7 Å². The largest absolute Gasteiger partial charge is 0.492 e. The standard InChI is InChI=1S/C24H29FN6O4/c1-14-18(12-19(28-23(33)15-6-7-15)27-22(14)29-30(2)13-32)26-17-9-8-16(20(25)21(17)35-3)24(34)31-10-4-5-11-31/h8-9,12-13,15H,4-7,10-11H2,1-3H3,(H3,26,27,28,29,33). The first-order chi connectivity index (χ1) is 16.8. The topological polar surface area (TPSA) is 116 Å². The van der Waals surface area contributed by atoms with Crippen LogP contribution in [0, 0.1) is 18.7 Å². The lowest BCUT2D eigenvalue weighted by Gasteiger charge is -2.21. The highest BCUT2D eigenvalue weighted by Crippen LogP contribution is 2.36. The number of amides is 3. The van der Waals surface area contributed by atoms with Crippen molar-refractivity contribution in [1.29, 1.82) is 0 Å². The fourth-order valence-corrected chi connectivity index (χ4v) is 3.93. The number of carbonyl (C=O) groups is 3. The first kappa shape index (κ1) is 24.2. The number of pyridine rings is 1. The van der Waals surface area contributed by atoms with Crippen LogP contribution in [0.3, 0.4) is 0 Å². The number of anilines is 4. The van der Waals surface area contributed by atoms with Crippen LogP contribution in [0.5, 0.6) is 5.75 Å². The molecule has 0 bridgehead atoms. The van der Waals surface area contributed by atoms with E-state index >= 15 is 4.39 Å². The van der Waals surface area contributed by atoms with Crippen LogP contribution in [0.1, 0.15) is 41.6 Å². The molecule has 2 aliphatic rings. The third-order valence-electron chi connectivity index (χ3n) is 6.11. The van der Waals surface area contributed by atoms with Gasteiger partial charge in [0.15, 0.2) is 17.4 Å². The van der Waals surface area contributed by atoms with Crippen molar-refractivity contribution >= 4 is 41.2 Å². The molecule has 10 nitrogen and oxygen atoms in total. The summed E-state index contributed by atoms with van der Waals surface area (Å²) in [5, 5.41) is 7.11.